The van der Waals surface area contributed by atoms with Crippen molar-refractivity contribution in [3.63, 3.8) is 0 Å². The van der Waals surface area contributed by atoms with Gasteiger partial charge in [-0.25, -0.2) is 0 Å². The molecule has 0 radical (unpaired) electrons. The lowest BCUT2D eigenvalue weighted by molar-refractivity contribution is -0.140. The molecule has 0 aromatic carbocycles. The lowest BCUT2D eigenvalue weighted by Crippen LogP contribution is -2.30. The smallest absolute Gasteiger partial charge is 0.307 e. The van der Waals surface area contributed by atoms with E-state index in [-0.39, 0.29) is 5.92 Å². The molecule has 0 saturated carbocycles. The van der Waals surface area contributed by atoms with E-state index < -0.39 is 5.97 Å². The molecule has 0 rings (SSSR count). The van der Waals surface area contributed by atoms with Crippen LogP contribution >= 0.6 is 0 Å². The Morgan fingerprint density at radius 3 is 2.23 bits per heavy atom. The molecular weight excluding hydrogens is 166 g/mol. The second-order valence-corrected chi connectivity index (χ2v) is 3.58. The highest BCUT2D eigenvalue weighted by molar-refractivity contribution is 5.69. The van der Waals surface area contributed by atoms with Crippen LogP contribution in [0.25, 0.3) is 0 Å². The van der Waals surface area contributed by atoms with E-state index in [0.717, 1.165) is 19.4 Å². The van der Waals surface area contributed by atoms with Crippen LogP contribution in [0.3, 0.4) is 0 Å². The molecule has 0 spiro atoms. The summed E-state index contributed by atoms with van der Waals surface area (Å²) in [5.74, 6) is -0.326. The Hall–Kier alpha value is -0.570. The Kier molecular flexibility index (Phi) is 6.59. The zero-order chi connectivity index (χ0) is 10.3. The summed E-state index contributed by atoms with van der Waals surface area (Å²) in [5, 5.41) is 11.8. The predicted molar refractivity (Wildman–Crippen MR) is 53.7 cm³/mol. The molecule has 13 heavy (non-hydrogen) atoms. The van der Waals surface area contributed by atoms with E-state index in [1.54, 1.807) is 6.92 Å². The maximum absolute atomic E-state index is 10.5. The predicted octanol–water partition coefficient (Wildman–Crippen LogP) is 1.73. The summed E-state index contributed by atoms with van der Waals surface area (Å²) in [5.41, 5.74) is 0. The second kappa shape index (κ2) is 6.89. The lowest BCUT2D eigenvalue weighted by Gasteiger charge is -2.14. The van der Waals surface area contributed by atoms with E-state index in [1.165, 1.54) is 0 Å². The van der Waals surface area contributed by atoms with Gasteiger partial charge in [0.1, 0.15) is 0 Å². The van der Waals surface area contributed by atoms with Crippen LogP contribution in [0, 0.1) is 11.8 Å². The summed E-state index contributed by atoms with van der Waals surface area (Å²) in [7, 11) is 0. The molecule has 0 aliphatic carbocycles. The molecule has 0 aliphatic heterocycles. The van der Waals surface area contributed by atoms with Crippen molar-refractivity contribution in [3.8, 4) is 0 Å². The molecule has 2 N–H and O–H groups in total. The van der Waals surface area contributed by atoms with Gasteiger partial charge in [0.15, 0.2) is 0 Å². The summed E-state index contributed by atoms with van der Waals surface area (Å²) in [6.45, 7) is 7.56. The van der Waals surface area contributed by atoms with Gasteiger partial charge in [0.05, 0.1) is 5.92 Å². The first-order valence-corrected chi connectivity index (χ1v) is 5.05. The number of aliphatic carboxylic acids is 1. The monoisotopic (exact) mass is 187 g/mol. The van der Waals surface area contributed by atoms with Crippen LogP contribution in [-0.4, -0.2) is 24.2 Å². The highest BCUT2D eigenvalue weighted by Crippen LogP contribution is 2.05. The van der Waals surface area contributed by atoms with Crippen molar-refractivity contribution in [3.05, 3.63) is 0 Å². The van der Waals surface area contributed by atoms with Gasteiger partial charge in [0.25, 0.3) is 0 Å². The molecule has 0 heterocycles. The van der Waals surface area contributed by atoms with Gasteiger partial charge in [0.2, 0.25) is 0 Å². The van der Waals surface area contributed by atoms with E-state index in [0.29, 0.717) is 12.5 Å². The molecule has 0 aromatic heterocycles. The minimum atomic E-state index is -0.725. The average Bonchev–Trinajstić information content (AvgIpc) is 2.12. The summed E-state index contributed by atoms with van der Waals surface area (Å²) >= 11 is 0. The molecule has 3 heteroatoms. The van der Waals surface area contributed by atoms with Crippen LogP contribution in [-0.2, 0) is 4.79 Å². The molecule has 1 unspecified atom stereocenters. The molecular formula is C10H21NO2. The van der Waals surface area contributed by atoms with E-state index in [2.05, 4.69) is 19.2 Å². The summed E-state index contributed by atoms with van der Waals surface area (Å²) in [6.07, 6.45) is 2.32. The van der Waals surface area contributed by atoms with Gasteiger partial charge in [-0.2, -0.15) is 0 Å². The quantitative estimate of drug-likeness (QED) is 0.638. The van der Waals surface area contributed by atoms with Crippen molar-refractivity contribution < 1.29 is 9.90 Å². The van der Waals surface area contributed by atoms with Gasteiger partial charge in [-0.15, -0.1) is 0 Å². The zero-order valence-electron chi connectivity index (χ0n) is 8.84. The van der Waals surface area contributed by atoms with Gasteiger partial charge in [-0.1, -0.05) is 33.6 Å². The van der Waals surface area contributed by atoms with Crippen molar-refractivity contribution in [2.45, 2.75) is 33.6 Å². The highest BCUT2D eigenvalue weighted by atomic mass is 16.4. The number of carbonyl (C=O) groups is 1. The molecule has 0 amide bonds. The molecule has 1 atom stereocenters. The molecule has 0 aliphatic rings. The van der Waals surface area contributed by atoms with E-state index in [1.807, 2.05) is 0 Å². The normalized spacial score (nSPS) is 13.2. The molecule has 0 saturated heterocycles. The van der Waals surface area contributed by atoms with Gasteiger partial charge >= 0.3 is 5.97 Å². The van der Waals surface area contributed by atoms with Crippen LogP contribution in [0.4, 0.5) is 0 Å². The van der Waals surface area contributed by atoms with Crippen LogP contribution in [0.1, 0.15) is 33.6 Å². The van der Waals surface area contributed by atoms with Crippen molar-refractivity contribution in [1.29, 1.82) is 0 Å². The molecule has 3 nitrogen and oxygen atoms in total. The van der Waals surface area contributed by atoms with Crippen LogP contribution in [0.5, 0.6) is 0 Å². The van der Waals surface area contributed by atoms with Gasteiger partial charge < -0.3 is 10.4 Å². The van der Waals surface area contributed by atoms with E-state index in [4.69, 9.17) is 5.11 Å². The Morgan fingerprint density at radius 2 is 1.85 bits per heavy atom. The topological polar surface area (TPSA) is 49.3 Å². The molecule has 0 bridgehead atoms. The second-order valence-electron chi connectivity index (χ2n) is 3.58. The fraction of sp³-hybridized carbons (Fsp3) is 0.900. The van der Waals surface area contributed by atoms with Crippen molar-refractivity contribution >= 4 is 5.97 Å². The standard InChI is InChI=1S/C10H21NO2/c1-4-9(5-2)7-11-6-8(3)10(12)13/h8-9,11H,4-7H2,1-3H3,(H,12,13). The Bertz CT molecular complexity index is 144. The first kappa shape index (κ1) is 12.4. The van der Waals surface area contributed by atoms with E-state index in [9.17, 15) is 4.79 Å². The third kappa shape index (κ3) is 5.64. The first-order valence-electron chi connectivity index (χ1n) is 5.05. The first-order chi connectivity index (χ1) is 6.11. The number of carboxylic acids is 1. The number of hydrogen-bond acceptors (Lipinski definition) is 2. The Labute approximate surface area is 80.5 Å². The van der Waals surface area contributed by atoms with Gasteiger partial charge in [0, 0.05) is 6.54 Å². The maximum atomic E-state index is 10.5. The number of hydrogen-bond donors (Lipinski definition) is 2. The van der Waals surface area contributed by atoms with Gasteiger partial charge in [-0.05, 0) is 12.5 Å². The molecule has 0 fully saturated rings. The van der Waals surface area contributed by atoms with Gasteiger partial charge in [-0.3, -0.25) is 4.79 Å². The van der Waals surface area contributed by atoms with Crippen LogP contribution < -0.4 is 5.32 Å². The molecule has 0 aromatic rings. The third-order valence-electron chi connectivity index (χ3n) is 2.46. The average molecular weight is 187 g/mol. The lowest BCUT2D eigenvalue weighted by atomic mass is 10.0. The van der Waals surface area contributed by atoms with E-state index >= 15 is 0 Å². The summed E-state index contributed by atoms with van der Waals surface area (Å²) < 4.78 is 0. The Balaban J connectivity index is 3.48. The summed E-state index contributed by atoms with van der Waals surface area (Å²) in [4.78, 5) is 10.5. The fourth-order valence-corrected chi connectivity index (χ4v) is 1.17. The maximum Gasteiger partial charge on any atom is 0.307 e. The minimum absolute atomic E-state index is 0.283. The zero-order valence-corrected chi connectivity index (χ0v) is 8.84. The van der Waals surface area contributed by atoms with Crippen LogP contribution in [0.2, 0.25) is 0 Å². The minimum Gasteiger partial charge on any atom is -0.481 e. The fourth-order valence-electron chi connectivity index (χ4n) is 1.17. The third-order valence-corrected chi connectivity index (χ3v) is 2.46. The Morgan fingerprint density at radius 1 is 1.31 bits per heavy atom. The van der Waals surface area contributed by atoms with Crippen molar-refractivity contribution in [2.24, 2.45) is 11.8 Å². The van der Waals surface area contributed by atoms with Crippen molar-refractivity contribution in [2.75, 3.05) is 13.1 Å². The largest absolute Gasteiger partial charge is 0.481 e. The number of rotatable bonds is 7. The highest BCUT2D eigenvalue weighted by Gasteiger charge is 2.10. The van der Waals surface area contributed by atoms with Crippen molar-refractivity contribution in [1.82, 2.24) is 5.32 Å². The number of nitrogens with one attached hydrogen (secondary N) is 1. The SMILES string of the molecule is CCC(CC)CNCC(C)C(=O)O. The molecule has 78 valence electrons. The summed E-state index contributed by atoms with van der Waals surface area (Å²) in [6, 6.07) is 0. The number of carboxylic acid groups (broad SMARTS) is 1. The van der Waals surface area contributed by atoms with Crippen LogP contribution in [0.15, 0.2) is 0 Å².